The fourth-order valence-corrected chi connectivity index (χ4v) is 3.00. The Kier molecular flexibility index (Phi) is 2.58. The van der Waals surface area contributed by atoms with Crippen molar-refractivity contribution >= 4 is 11.8 Å². The molecule has 2 saturated heterocycles. The summed E-state index contributed by atoms with van der Waals surface area (Å²) in [6, 6.07) is 0. The normalized spacial score (nSPS) is 21.7. The molecule has 7 nitrogen and oxygen atoms in total. The molecule has 19 heavy (non-hydrogen) atoms. The van der Waals surface area contributed by atoms with Crippen molar-refractivity contribution in [3.63, 3.8) is 0 Å². The number of rotatable bonds is 1. The van der Waals surface area contributed by atoms with Gasteiger partial charge in [0, 0.05) is 33.7 Å². The summed E-state index contributed by atoms with van der Waals surface area (Å²) in [5.74, 6) is 0.307. The van der Waals surface area contributed by atoms with Crippen LogP contribution in [0.4, 0.5) is 0 Å². The van der Waals surface area contributed by atoms with E-state index in [0.717, 1.165) is 19.4 Å². The van der Waals surface area contributed by atoms with Gasteiger partial charge < -0.3 is 9.80 Å². The second-order valence-corrected chi connectivity index (χ2v) is 5.48. The molecule has 0 saturated carbocycles. The third-order valence-electron chi connectivity index (χ3n) is 4.14. The van der Waals surface area contributed by atoms with E-state index < -0.39 is 0 Å². The van der Waals surface area contributed by atoms with Gasteiger partial charge in [-0.3, -0.25) is 14.3 Å². The minimum atomic E-state index is -0.205. The summed E-state index contributed by atoms with van der Waals surface area (Å²) in [4.78, 5) is 31.5. The Balaban J connectivity index is 1.65. The average molecular weight is 263 g/mol. The Labute approximate surface area is 111 Å². The molecule has 0 unspecified atom stereocenters. The number of aromatic nitrogens is 3. The maximum Gasteiger partial charge on any atom is 0.293 e. The number of piperidine rings is 1. The Bertz CT molecular complexity index is 530. The van der Waals surface area contributed by atoms with Crippen LogP contribution in [0.25, 0.3) is 0 Å². The molecule has 3 rings (SSSR count). The number of likely N-dealkylation sites (tertiary alicyclic amines) is 2. The summed E-state index contributed by atoms with van der Waals surface area (Å²) >= 11 is 0. The van der Waals surface area contributed by atoms with Crippen LogP contribution in [0.1, 0.15) is 23.5 Å². The molecule has 2 aliphatic heterocycles. The van der Waals surface area contributed by atoms with Crippen LogP contribution in [0.15, 0.2) is 6.33 Å². The topological polar surface area (TPSA) is 71.3 Å². The van der Waals surface area contributed by atoms with Crippen molar-refractivity contribution in [1.29, 1.82) is 0 Å². The number of amides is 2. The molecule has 102 valence electrons. The van der Waals surface area contributed by atoms with Crippen molar-refractivity contribution in [1.82, 2.24) is 24.6 Å². The lowest BCUT2D eigenvalue weighted by Gasteiger charge is -2.51. The highest BCUT2D eigenvalue weighted by molar-refractivity contribution is 5.91. The number of carbonyl (C=O) groups excluding carboxylic acids is 2. The number of nitrogens with zero attached hydrogens (tertiary/aromatic N) is 5. The third-order valence-corrected chi connectivity index (χ3v) is 4.14. The van der Waals surface area contributed by atoms with E-state index >= 15 is 0 Å². The molecule has 0 aromatic carbocycles. The van der Waals surface area contributed by atoms with Gasteiger partial charge in [0.1, 0.15) is 6.33 Å². The summed E-state index contributed by atoms with van der Waals surface area (Å²) in [5, 5.41) is 4.02. The summed E-state index contributed by atoms with van der Waals surface area (Å²) in [5.41, 5.74) is -0.205. The minimum absolute atomic E-state index is 0.143. The van der Waals surface area contributed by atoms with Gasteiger partial charge in [0.05, 0.1) is 5.41 Å². The fourth-order valence-electron chi connectivity index (χ4n) is 3.00. The van der Waals surface area contributed by atoms with E-state index in [9.17, 15) is 9.59 Å². The zero-order valence-electron chi connectivity index (χ0n) is 11.2. The monoisotopic (exact) mass is 263 g/mol. The number of hydrogen-bond acceptors (Lipinski definition) is 4. The first-order valence-corrected chi connectivity index (χ1v) is 6.42. The molecule has 2 fully saturated rings. The van der Waals surface area contributed by atoms with Gasteiger partial charge in [-0.05, 0) is 12.8 Å². The number of aryl methyl sites for hydroxylation is 1. The minimum Gasteiger partial charge on any atom is -0.344 e. The predicted octanol–water partition coefficient (Wildman–Crippen LogP) is -0.491. The van der Waals surface area contributed by atoms with Gasteiger partial charge in [0.25, 0.3) is 5.91 Å². The third kappa shape index (κ3) is 1.80. The van der Waals surface area contributed by atoms with Gasteiger partial charge >= 0.3 is 0 Å². The predicted molar refractivity (Wildman–Crippen MR) is 66.2 cm³/mol. The second kappa shape index (κ2) is 4.04. The number of carbonyl (C=O) groups is 2. The molecule has 1 aromatic rings. The van der Waals surface area contributed by atoms with Crippen molar-refractivity contribution in [2.45, 2.75) is 12.8 Å². The van der Waals surface area contributed by atoms with Gasteiger partial charge in [-0.15, -0.1) is 5.10 Å². The molecule has 3 heterocycles. The molecule has 1 aromatic heterocycles. The standard InChI is InChI=1S/C12H17N5O2/c1-15-7-12(11(15)19)3-5-17(6-4-12)10(18)9-13-8-16(2)14-9/h8H,3-7H2,1-2H3. The van der Waals surface area contributed by atoms with Crippen LogP contribution in [-0.4, -0.2) is 63.1 Å². The van der Waals surface area contributed by atoms with Crippen molar-refractivity contribution in [2.24, 2.45) is 12.5 Å². The van der Waals surface area contributed by atoms with Crippen LogP contribution >= 0.6 is 0 Å². The smallest absolute Gasteiger partial charge is 0.293 e. The van der Waals surface area contributed by atoms with E-state index in [4.69, 9.17) is 0 Å². The van der Waals surface area contributed by atoms with E-state index in [1.54, 1.807) is 16.8 Å². The van der Waals surface area contributed by atoms with Gasteiger partial charge in [0.15, 0.2) is 0 Å². The van der Waals surface area contributed by atoms with Gasteiger partial charge in [-0.2, -0.15) is 0 Å². The largest absolute Gasteiger partial charge is 0.344 e. The average Bonchev–Trinajstić information content (AvgIpc) is 2.85. The first-order chi connectivity index (χ1) is 9.02. The van der Waals surface area contributed by atoms with Crippen LogP contribution in [0.5, 0.6) is 0 Å². The molecular weight excluding hydrogens is 246 g/mol. The van der Waals surface area contributed by atoms with Crippen LogP contribution in [-0.2, 0) is 11.8 Å². The molecule has 0 bridgehead atoms. The molecule has 0 radical (unpaired) electrons. The molecule has 2 aliphatic rings. The highest BCUT2D eigenvalue weighted by atomic mass is 16.2. The highest BCUT2D eigenvalue weighted by Gasteiger charge is 2.51. The molecule has 1 spiro atoms. The highest BCUT2D eigenvalue weighted by Crippen LogP contribution is 2.40. The quantitative estimate of drug-likeness (QED) is 0.641. The SMILES string of the molecule is CN1CC2(CCN(C(=O)c3ncn(C)n3)CC2)C1=O. The van der Waals surface area contributed by atoms with Crippen molar-refractivity contribution < 1.29 is 9.59 Å². The van der Waals surface area contributed by atoms with Crippen LogP contribution in [0, 0.1) is 5.41 Å². The summed E-state index contributed by atoms with van der Waals surface area (Å²) in [6.07, 6.45) is 3.01. The van der Waals surface area contributed by atoms with E-state index in [2.05, 4.69) is 10.1 Å². The molecular formula is C12H17N5O2. The van der Waals surface area contributed by atoms with Crippen molar-refractivity contribution in [2.75, 3.05) is 26.7 Å². The number of β-lactam (4-membered cyclic amide) rings is 1. The maximum atomic E-state index is 12.2. The first kappa shape index (κ1) is 12.1. The van der Waals surface area contributed by atoms with Crippen molar-refractivity contribution in [3.8, 4) is 0 Å². The van der Waals surface area contributed by atoms with Crippen LogP contribution in [0.2, 0.25) is 0 Å². The molecule has 0 atom stereocenters. The van der Waals surface area contributed by atoms with E-state index in [1.165, 1.54) is 11.0 Å². The molecule has 0 aliphatic carbocycles. The maximum absolute atomic E-state index is 12.2. The Morgan fingerprint density at radius 1 is 1.32 bits per heavy atom. The van der Waals surface area contributed by atoms with E-state index in [0.29, 0.717) is 13.1 Å². The van der Waals surface area contributed by atoms with Crippen molar-refractivity contribution in [3.05, 3.63) is 12.2 Å². The van der Waals surface area contributed by atoms with Gasteiger partial charge in [0.2, 0.25) is 11.7 Å². The van der Waals surface area contributed by atoms with E-state index in [-0.39, 0.29) is 23.1 Å². The molecule has 2 amide bonds. The second-order valence-electron chi connectivity index (χ2n) is 5.48. The summed E-state index contributed by atoms with van der Waals surface area (Å²) in [7, 11) is 3.56. The van der Waals surface area contributed by atoms with Gasteiger partial charge in [-0.25, -0.2) is 4.98 Å². The van der Waals surface area contributed by atoms with Crippen LogP contribution < -0.4 is 0 Å². The Morgan fingerprint density at radius 3 is 2.47 bits per heavy atom. The zero-order chi connectivity index (χ0) is 13.6. The fraction of sp³-hybridized carbons (Fsp3) is 0.667. The van der Waals surface area contributed by atoms with Gasteiger partial charge in [-0.1, -0.05) is 0 Å². The first-order valence-electron chi connectivity index (χ1n) is 6.42. The summed E-state index contributed by atoms with van der Waals surface area (Å²) < 4.78 is 1.52. The summed E-state index contributed by atoms with van der Waals surface area (Å²) in [6.45, 7) is 2.03. The van der Waals surface area contributed by atoms with E-state index in [1.807, 2.05) is 7.05 Å². The Morgan fingerprint density at radius 2 is 2.00 bits per heavy atom. The number of hydrogen-bond donors (Lipinski definition) is 0. The van der Waals surface area contributed by atoms with Crippen LogP contribution in [0.3, 0.4) is 0 Å². The molecule has 7 heteroatoms. The zero-order valence-corrected chi connectivity index (χ0v) is 11.2. The lowest BCUT2D eigenvalue weighted by molar-refractivity contribution is -0.161. The lowest BCUT2D eigenvalue weighted by Crippen LogP contribution is -2.63. The lowest BCUT2D eigenvalue weighted by atomic mass is 9.71. The molecule has 0 N–H and O–H groups in total. The Hall–Kier alpha value is -1.92.